The van der Waals surface area contributed by atoms with Crippen LogP contribution in [0.2, 0.25) is 0 Å². The zero-order valence-corrected chi connectivity index (χ0v) is 13.1. The predicted molar refractivity (Wildman–Crippen MR) is 77.1 cm³/mol. The maximum Gasteiger partial charge on any atom is 0.189 e. The molecule has 2 saturated carbocycles. The van der Waals surface area contributed by atoms with Gasteiger partial charge in [0.15, 0.2) is 17.9 Å². The van der Waals surface area contributed by atoms with Crippen molar-refractivity contribution < 1.29 is 23.7 Å². The summed E-state index contributed by atoms with van der Waals surface area (Å²) in [4.78, 5) is 0. The molecular weight excluding hydrogens is 284 g/mol. The summed E-state index contributed by atoms with van der Waals surface area (Å²) in [5.41, 5.74) is 0. The van der Waals surface area contributed by atoms with Crippen LogP contribution in [0.25, 0.3) is 0 Å². The van der Waals surface area contributed by atoms with Crippen LogP contribution in [0.15, 0.2) is 0 Å². The normalized spacial score (nSPS) is 45.8. The van der Waals surface area contributed by atoms with E-state index in [2.05, 4.69) is 0 Å². The van der Waals surface area contributed by atoms with E-state index in [0.717, 1.165) is 25.7 Å². The van der Waals surface area contributed by atoms with E-state index < -0.39 is 5.79 Å². The molecular formula is C17H26O5. The Morgan fingerprint density at radius 1 is 0.591 bits per heavy atom. The van der Waals surface area contributed by atoms with Gasteiger partial charge in [-0.25, -0.2) is 0 Å². The summed E-state index contributed by atoms with van der Waals surface area (Å²) in [7, 11) is 0. The van der Waals surface area contributed by atoms with Crippen molar-refractivity contribution in [2.24, 2.45) is 0 Å². The predicted octanol–water partition coefficient (Wildman–Crippen LogP) is 2.86. The third kappa shape index (κ3) is 2.17. The Balaban J connectivity index is 1.35. The van der Waals surface area contributed by atoms with Crippen molar-refractivity contribution in [2.75, 3.05) is 6.61 Å². The van der Waals surface area contributed by atoms with Gasteiger partial charge in [-0.2, -0.15) is 0 Å². The molecule has 0 aromatic carbocycles. The van der Waals surface area contributed by atoms with Crippen molar-refractivity contribution in [1.29, 1.82) is 0 Å². The molecule has 3 heterocycles. The van der Waals surface area contributed by atoms with E-state index in [4.69, 9.17) is 23.7 Å². The van der Waals surface area contributed by atoms with Crippen molar-refractivity contribution >= 4 is 0 Å². The average molecular weight is 310 g/mol. The van der Waals surface area contributed by atoms with Crippen LogP contribution in [0.4, 0.5) is 0 Å². The molecule has 3 saturated heterocycles. The van der Waals surface area contributed by atoms with Gasteiger partial charge in [0.05, 0.1) is 6.61 Å². The zero-order chi connectivity index (χ0) is 14.6. The fourth-order valence-corrected chi connectivity index (χ4v) is 4.90. The SMILES string of the molecule is C1CCC2(CC1)O[C@@H]1OC[C@@H]3OC4(CCCCC4)O[C@H]3[C@@H]1O2. The fraction of sp³-hybridized carbons (Fsp3) is 1.00. The van der Waals surface area contributed by atoms with E-state index in [1.165, 1.54) is 38.5 Å². The highest BCUT2D eigenvalue weighted by molar-refractivity contribution is 4.99. The molecule has 22 heavy (non-hydrogen) atoms. The molecule has 0 aromatic heterocycles. The largest absolute Gasteiger partial charge is 0.347 e. The number of ether oxygens (including phenoxy) is 5. The molecule has 2 aliphatic carbocycles. The van der Waals surface area contributed by atoms with Crippen molar-refractivity contribution in [1.82, 2.24) is 0 Å². The van der Waals surface area contributed by atoms with Crippen molar-refractivity contribution in [2.45, 2.75) is 100 Å². The topological polar surface area (TPSA) is 46.2 Å². The summed E-state index contributed by atoms with van der Waals surface area (Å²) in [6, 6.07) is 0. The maximum absolute atomic E-state index is 6.43. The van der Waals surface area contributed by atoms with Gasteiger partial charge >= 0.3 is 0 Å². The molecule has 124 valence electrons. The first-order chi connectivity index (χ1) is 10.8. The molecule has 0 amide bonds. The molecule has 0 unspecified atom stereocenters. The molecule has 5 nitrogen and oxygen atoms in total. The highest BCUT2D eigenvalue weighted by Gasteiger charge is 2.61. The smallest absolute Gasteiger partial charge is 0.189 e. The minimum atomic E-state index is -0.422. The summed E-state index contributed by atoms with van der Waals surface area (Å²) in [5, 5.41) is 0. The second-order valence-corrected chi connectivity index (χ2v) is 7.58. The van der Waals surface area contributed by atoms with Gasteiger partial charge in [-0.15, -0.1) is 0 Å². The highest BCUT2D eigenvalue weighted by Crippen LogP contribution is 2.49. The third-order valence-electron chi connectivity index (χ3n) is 6.01. The lowest BCUT2D eigenvalue weighted by Gasteiger charge is -2.33. The van der Waals surface area contributed by atoms with Gasteiger partial charge in [0, 0.05) is 25.7 Å². The number of hydrogen-bond donors (Lipinski definition) is 0. The lowest BCUT2D eigenvalue weighted by atomic mass is 9.94. The minimum Gasteiger partial charge on any atom is -0.347 e. The van der Waals surface area contributed by atoms with E-state index in [-0.39, 0.29) is 30.4 Å². The first-order valence-electron chi connectivity index (χ1n) is 9.11. The summed E-state index contributed by atoms with van der Waals surface area (Å²) in [5.74, 6) is -0.800. The monoisotopic (exact) mass is 310 g/mol. The van der Waals surface area contributed by atoms with Crippen LogP contribution in [0.3, 0.4) is 0 Å². The molecule has 3 aliphatic heterocycles. The van der Waals surface area contributed by atoms with E-state index in [1.807, 2.05) is 0 Å². The fourth-order valence-electron chi connectivity index (χ4n) is 4.90. The third-order valence-corrected chi connectivity index (χ3v) is 6.01. The first-order valence-corrected chi connectivity index (χ1v) is 9.11. The van der Waals surface area contributed by atoms with Gasteiger partial charge < -0.3 is 23.7 Å². The Kier molecular flexibility index (Phi) is 3.32. The van der Waals surface area contributed by atoms with E-state index in [0.29, 0.717) is 6.61 Å². The Bertz CT molecular complexity index is 387. The lowest BCUT2D eigenvalue weighted by Crippen LogP contribution is -2.50. The van der Waals surface area contributed by atoms with Gasteiger partial charge in [0.25, 0.3) is 0 Å². The van der Waals surface area contributed by atoms with Crippen molar-refractivity contribution in [3.63, 3.8) is 0 Å². The Labute approximate surface area is 131 Å². The van der Waals surface area contributed by atoms with Gasteiger partial charge in [-0.1, -0.05) is 12.8 Å². The van der Waals surface area contributed by atoms with E-state index >= 15 is 0 Å². The molecule has 0 radical (unpaired) electrons. The molecule has 5 aliphatic rings. The van der Waals surface area contributed by atoms with Crippen LogP contribution >= 0.6 is 0 Å². The quantitative estimate of drug-likeness (QED) is 0.688. The summed E-state index contributed by atoms with van der Waals surface area (Å²) in [6.07, 6.45) is 10.8. The molecule has 0 bridgehead atoms. The van der Waals surface area contributed by atoms with Crippen LogP contribution in [0.5, 0.6) is 0 Å². The first kappa shape index (κ1) is 14.2. The number of hydrogen-bond acceptors (Lipinski definition) is 5. The number of rotatable bonds is 0. The Morgan fingerprint density at radius 2 is 1.18 bits per heavy atom. The van der Waals surface area contributed by atoms with Crippen LogP contribution in [0.1, 0.15) is 64.2 Å². The number of fused-ring (bicyclic) bond motifs is 3. The molecule has 0 aromatic rings. The molecule has 5 fully saturated rings. The van der Waals surface area contributed by atoms with E-state index in [1.54, 1.807) is 0 Å². The molecule has 2 spiro atoms. The maximum atomic E-state index is 6.43. The molecule has 5 heteroatoms. The highest BCUT2D eigenvalue weighted by atomic mass is 16.9. The van der Waals surface area contributed by atoms with Crippen LogP contribution < -0.4 is 0 Å². The zero-order valence-electron chi connectivity index (χ0n) is 13.1. The molecule has 4 atom stereocenters. The molecule has 5 rings (SSSR count). The summed E-state index contributed by atoms with van der Waals surface area (Å²) >= 11 is 0. The lowest BCUT2D eigenvalue weighted by molar-refractivity contribution is -0.234. The van der Waals surface area contributed by atoms with Crippen LogP contribution in [-0.2, 0) is 23.7 Å². The summed E-state index contributed by atoms with van der Waals surface area (Å²) in [6.45, 7) is 0.563. The summed E-state index contributed by atoms with van der Waals surface area (Å²) < 4.78 is 31.2. The Morgan fingerprint density at radius 3 is 1.86 bits per heavy atom. The van der Waals surface area contributed by atoms with E-state index in [9.17, 15) is 0 Å². The standard InChI is InChI=1S/C17H26O5/c1-3-7-16(8-4-1)19-12-11-18-15-14(13(12)20-16)21-17(22-15)9-5-2-6-10-17/h12-15H,1-11H2/t12-,13+,14-,15-/m0/s1. The van der Waals surface area contributed by atoms with Gasteiger partial charge in [0.2, 0.25) is 0 Å². The Hall–Kier alpha value is -0.200. The van der Waals surface area contributed by atoms with Crippen molar-refractivity contribution in [3.8, 4) is 0 Å². The van der Waals surface area contributed by atoms with Gasteiger partial charge in [-0.05, 0) is 25.7 Å². The molecule has 0 N–H and O–H groups in total. The second-order valence-electron chi connectivity index (χ2n) is 7.58. The van der Waals surface area contributed by atoms with Crippen molar-refractivity contribution in [3.05, 3.63) is 0 Å². The second kappa shape index (κ2) is 5.15. The van der Waals surface area contributed by atoms with Gasteiger partial charge in [0.1, 0.15) is 18.3 Å². The minimum absolute atomic E-state index is 0.00157. The average Bonchev–Trinajstić information content (AvgIpc) is 3.07. The van der Waals surface area contributed by atoms with Crippen LogP contribution in [0, 0.1) is 0 Å². The van der Waals surface area contributed by atoms with Crippen LogP contribution in [-0.4, -0.2) is 42.8 Å². The van der Waals surface area contributed by atoms with Gasteiger partial charge in [-0.3, -0.25) is 0 Å².